The monoisotopic (exact) mass is 330 g/mol. The zero-order valence-electron chi connectivity index (χ0n) is 13.0. The lowest BCUT2D eigenvalue weighted by Gasteiger charge is -2.17. The van der Waals surface area contributed by atoms with Crippen molar-refractivity contribution in [1.29, 1.82) is 0 Å². The van der Waals surface area contributed by atoms with Crippen molar-refractivity contribution in [3.63, 3.8) is 0 Å². The molecule has 0 fully saturated rings. The summed E-state index contributed by atoms with van der Waals surface area (Å²) in [7, 11) is 1.63. The van der Waals surface area contributed by atoms with E-state index in [0.717, 1.165) is 5.56 Å². The maximum atomic E-state index is 12.1. The molecule has 1 N–H and O–H groups in total. The van der Waals surface area contributed by atoms with Gasteiger partial charge in [-0.3, -0.25) is 9.59 Å². The molecule has 2 aromatic rings. The van der Waals surface area contributed by atoms with Gasteiger partial charge in [0.25, 0.3) is 0 Å². The van der Waals surface area contributed by atoms with Crippen LogP contribution in [0.1, 0.15) is 12.0 Å². The first-order valence-electron chi connectivity index (χ1n) is 7.38. The molecule has 5 heteroatoms. The first-order valence-corrected chi connectivity index (χ1v) is 7.75. The number of carbonyl (C=O) groups excluding carboxylic acids is 2. The van der Waals surface area contributed by atoms with Gasteiger partial charge in [0.15, 0.2) is 0 Å². The van der Waals surface area contributed by atoms with Crippen molar-refractivity contribution >= 4 is 29.1 Å². The van der Waals surface area contributed by atoms with E-state index in [-0.39, 0.29) is 18.4 Å². The quantitative estimate of drug-likeness (QED) is 0.882. The summed E-state index contributed by atoms with van der Waals surface area (Å²) in [5.41, 5.74) is 1.73. The largest absolute Gasteiger partial charge is 0.336 e. The lowest BCUT2D eigenvalue weighted by Crippen LogP contribution is -2.35. The highest BCUT2D eigenvalue weighted by Crippen LogP contribution is 2.14. The standard InChI is InChI=1S/C18H19ClN2O2/c1-21(18(23)11-10-14-6-3-2-4-7-14)13-17(22)20-16-9-5-8-15(19)12-16/h2-9,12H,10-11,13H2,1H3,(H,20,22). The fourth-order valence-electron chi connectivity index (χ4n) is 2.16. The van der Waals surface area contributed by atoms with Crippen molar-refractivity contribution in [3.8, 4) is 0 Å². The van der Waals surface area contributed by atoms with Crippen LogP contribution in [0, 0.1) is 0 Å². The molecule has 0 atom stereocenters. The Kier molecular flexibility index (Phi) is 6.18. The molecular formula is C18H19ClN2O2. The van der Waals surface area contributed by atoms with Crippen molar-refractivity contribution in [3.05, 3.63) is 65.2 Å². The third-order valence-corrected chi connectivity index (χ3v) is 3.62. The minimum Gasteiger partial charge on any atom is -0.336 e. The first kappa shape index (κ1) is 17.0. The molecule has 120 valence electrons. The van der Waals surface area contributed by atoms with Gasteiger partial charge in [0.2, 0.25) is 11.8 Å². The summed E-state index contributed by atoms with van der Waals surface area (Å²) in [6, 6.07) is 16.7. The van der Waals surface area contributed by atoms with E-state index in [9.17, 15) is 9.59 Å². The number of hydrogen-bond acceptors (Lipinski definition) is 2. The topological polar surface area (TPSA) is 49.4 Å². The van der Waals surface area contributed by atoms with Crippen molar-refractivity contribution in [2.45, 2.75) is 12.8 Å². The van der Waals surface area contributed by atoms with Crippen LogP contribution in [-0.4, -0.2) is 30.3 Å². The summed E-state index contributed by atoms with van der Waals surface area (Å²) in [5, 5.41) is 3.28. The fourth-order valence-corrected chi connectivity index (χ4v) is 2.35. The van der Waals surface area contributed by atoms with Crippen LogP contribution in [0.3, 0.4) is 0 Å². The van der Waals surface area contributed by atoms with Gasteiger partial charge in [-0.25, -0.2) is 0 Å². The smallest absolute Gasteiger partial charge is 0.243 e. The molecule has 4 nitrogen and oxygen atoms in total. The van der Waals surface area contributed by atoms with Crippen LogP contribution >= 0.6 is 11.6 Å². The lowest BCUT2D eigenvalue weighted by atomic mass is 10.1. The molecule has 0 saturated heterocycles. The van der Waals surface area contributed by atoms with Crippen LogP contribution in [0.15, 0.2) is 54.6 Å². The minimum atomic E-state index is -0.247. The number of amides is 2. The molecule has 0 heterocycles. The van der Waals surface area contributed by atoms with Crippen LogP contribution in [-0.2, 0) is 16.0 Å². The zero-order valence-corrected chi connectivity index (χ0v) is 13.7. The highest BCUT2D eigenvalue weighted by molar-refractivity contribution is 6.30. The molecule has 0 aliphatic carbocycles. The Labute approximate surface area is 141 Å². The van der Waals surface area contributed by atoms with Gasteiger partial charge in [0, 0.05) is 24.2 Å². The van der Waals surface area contributed by atoms with Gasteiger partial charge < -0.3 is 10.2 Å². The highest BCUT2D eigenvalue weighted by atomic mass is 35.5. The van der Waals surface area contributed by atoms with E-state index in [1.807, 2.05) is 30.3 Å². The summed E-state index contributed by atoms with van der Waals surface area (Å²) in [4.78, 5) is 25.5. The number of nitrogens with one attached hydrogen (secondary N) is 1. The second-order valence-corrected chi connectivity index (χ2v) is 5.73. The molecule has 0 aliphatic rings. The number of aryl methyl sites for hydroxylation is 1. The lowest BCUT2D eigenvalue weighted by molar-refractivity contribution is -0.133. The normalized spacial score (nSPS) is 10.2. The third-order valence-electron chi connectivity index (χ3n) is 3.39. The van der Waals surface area contributed by atoms with Gasteiger partial charge in [0.1, 0.15) is 0 Å². The Balaban J connectivity index is 1.79. The van der Waals surface area contributed by atoms with Crippen molar-refractivity contribution in [2.75, 3.05) is 18.9 Å². The number of rotatable bonds is 6. The highest BCUT2D eigenvalue weighted by Gasteiger charge is 2.13. The zero-order chi connectivity index (χ0) is 16.7. The Morgan fingerprint density at radius 1 is 1.09 bits per heavy atom. The predicted octanol–water partition coefficient (Wildman–Crippen LogP) is 3.37. The molecular weight excluding hydrogens is 312 g/mol. The Bertz CT molecular complexity index is 674. The average Bonchev–Trinajstić information content (AvgIpc) is 2.53. The Morgan fingerprint density at radius 3 is 2.52 bits per heavy atom. The molecule has 0 spiro atoms. The number of halogens is 1. The van der Waals surface area contributed by atoms with Gasteiger partial charge in [-0.2, -0.15) is 0 Å². The number of anilines is 1. The molecule has 2 rings (SSSR count). The van der Waals surface area contributed by atoms with Crippen LogP contribution < -0.4 is 5.32 Å². The number of likely N-dealkylation sites (N-methyl/N-ethyl adjacent to an activating group) is 1. The molecule has 0 unspecified atom stereocenters. The second kappa shape index (κ2) is 8.34. The summed E-state index contributed by atoms with van der Waals surface area (Å²) in [5.74, 6) is -0.307. The summed E-state index contributed by atoms with van der Waals surface area (Å²) >= 11 is 5.87. The average molecular weight is 331 g/mol. The van der Waals surface area contributed by atoms with Crippen molar-refractivity contribution in [1.82, 2.24) is 4.90 Å². The number of carbonyl (C=O) groups is 2. The SMILES string of the molecule is CN(CC(=O)Nc1cccc(Cl)c1)C(=O)CCc1ccccc1. The minimum absolute atomic E-state index is 0.0140. The maximum Gasteiger partial charge on any atom is 0.243 e. The Morgan fingerprint density at radius 2 is 1.83 bits per heavy atom. The van der Waals surface area contributed by atoms with Crippen molar-refractivity contribution < 1.29 is 9.59 Å². The number of nitrogens with zero attached hydrogens (tertiary/aromatic N) is 1. The van der Waals surface area contributed by atoms with E-state index in [4.69, 9.17) is 11.6 Å². The van der Waals surface area contributed by atoms with Crippen LogP contribution in [0.25, 0.3) is 0 Å². The van der Waals surface area contributed by atoms with Gasteiger partial charge in [0.05, 0.1) is 6.54 Å². The van der Waals surface area contributed by atoms with E-state index >= 15 is 0 Å². The summed E-state index contributed by atoms with van der Waals surface area (Å²) < 4.78 is 0. The van der Waals surface area contributed by atoms with Gasteiger partial charge in [-0.1, -0.05) is 48.0 Å². The molecule has 0 radical (unpaired) electrons. The van der Waals surface area contributed by atoms with Crippen LogP contribution in [0.4, 0.5) is 5.69 Å². The van der Waals surface area contributed by atoms with Gasteiger partial charge in [-0.15, -0.1) is 0 Å². The number of benzene rings is 2. The summed E-state index contributed by atoms with van der Waals surface area (Å²) in [6.07, 6.45) is 1.05. The van der Waals surface area contributed by atoms with E-state index in [2.05, 4.69) is 5.32 Å². The fraction of sp³-hybridized carbons (Fsp3) is 0.222. The predicted molar refractivity (Wildman–Crippen MR) is 92.5 cm³/mol. The van der Waals surface area contributed by atoms with Crippen LogP contribution in [0.2, 0.25) is 5.02 Å². The van der Waals surface area contributed by atoms with Crippen molar-refractivity contribution in [2.24, 2.45) is 0 Å². The molecule has 0 aromatic heterocycles. The van der Waals surface area contributed by atoms with E-state index in [1.165, 1.54) is 4.90 Å². The number of hydrogen-bond donors (Lipinski definition) is 1. The molecule has 0 bridgehead atoms. The van der Waals surface area contributed by atoms with Crippen LogP contribution in [0.5, 0.6) is 0 Å². The van der Waals surface area contributed by atoms with Gasteiger partial charge >= 0.3 is 0 Å². The summed E-state index contributed by atoms with van der Waals surface area (Å²) in [6.45, 7) is 0.0140. The van der Waals surface area contributed by atoms with Gasteiger partial charge in [-0.05, 0) is 30.2 Å². The third kappa shape index (κ3) is 5.75. The molecule has 0 aliphatic heterocycles. The second-order valence-electron chi connectivity index (χ2n) is 5.29. The van der Waals surface area contributed by atoms with E-state index < -0.39 is 0 Å². The van der Waals surface area contributed by atoms with E-state index in [0.29, 0.717) is 23.6 Å². The van der Waals surface area contributed by atoms with E-state index in [1.54, 1.807) is 31.3 Å². The Hall–Kier alpha value is -2.33. The molecule has 23 heavy (non-hydrogen) atoms. The molecule has 2 aromatic carbocycles. The first-order chi connectivity index (χ1) is 11.0. The molecule has 2 amide bonds. The molecule has 0 saturated carbocycles. The maximum absolute atomic E-state index is 12.1.